The Hall–Kier alpha value is -3.52. The zero-order valence-electron chi connectivity index (χ0n) is 23.7. The Balaban J connectivity index is 1.44. The molecule has 7 rings (SSSR count). The van der Waals surface area contributed by atoms with E-state index in [1.165, 1.54) is 30.3 Å². The fourth-order valence-corrected chi connectivity index (χ4v) is 8.89. The Labute approximate surface area is 291 Å². The van der Waals surface area contributed by atoms with Crippen molar-refractivity contribution in [3.8, 4) is 5.75 Å². The average molecular weight is 791 g/mol. The minimum Gasteiger partial charge on any atom is -0.508 e. The molecule has 0 aromatic heterocycles. The van der Waals surface area contributed by atoms with Crippen LogP contribution >= 0.6 is 50.7 Å². The molecule has 4 amide bonds. The van der Waals surface area contributed by atoms with Crippen molar-refractivity contribution in [1.82, 2.24) is 0 Å². The van der Waals surface area contributed by atoms with Crippen molar-refractivity contribution in [2.24, 2.45) is 17.8 Å². The minimum absolute atomic E-state index is 0.0153. The lowest BCUT2D eigenvalue weighted by Gasteiger charge is -2.50. The van der Waals surface area contributed by atoms with Gasteiger partial charge in [-0.25, -0.2) is 26.9 Å². The second-order valence-corrected chi connectivity index (χ2v) is 14.5. The van der Waals surface area contributed by atoms with E-state index in [9.17, 15) is 37.5 Å². The molecule has 2 heterocycles. The highest BCUT2D eigenvalue weighted by Gasteiger charge is 2.77. The molecule has 0 bridgehead atoms. The summed E-state index contributed by atoms with van der Waals surface area (Å²) in [6, 6.07) is 9.94. The fraction of sp³-hybridized carbons (Fsp3) is 0.250. The first kappa shape index (κ1) is 33.0. The Morgan fingerprint density at radius 1 is 0.792 bits per heavy atom. The first-order valence-electron chi connectivity index (χ1n) is 14.2. The van der Waals surface area contributed by atoms with Gasteiger partial charge in [-0.05, 0) is 61.2 Å². The second kappa shape index (κ2) is 11.0. The second-order valence-electron chi connectivity index (χ2n) is 11.9. The predicted octanol–water partition coefficient (Wildman–Crippen LogP) is 7.27. The molecule has 16 heteroatoms. The van der Waals surface area contributed by atoms with Gasteiger partial charge >= 0.3 is 0 Å². The third kappa shape index (κ3) is 4.16. The molecule has 0 unspecified atom stereocenters. The van der Waals surface area contributed by atoms with Gasteiger partial charge in [0.1, 0.15) is 11.4 Å². The average Bonchev–Trinajstić information content (AvgIpc) is 3.39. The number of halogens is 9. The Morgan fingerprint density at radius 3 is 2.02 bits per heavy atom. The number of carbonyl (C=O) groups is 4. The van der Waals surface area contributed by atoms with Gasteiger partial charge in [0.2, 0.25) is 17.6 Å². The molecule has 7 nitrogen and oxygen atoms in total. The number of aromatic hydroxyl groups is 1. The molecular weight excluding hydrogens is 774 g/mol. The van der Waals surface area contributed by atoms with Crippen LogP contribution in [0.2, 0.25) is 5.02 Å². The van der Waals surface area contributed by atoms with Crippen LogP contribution in [0.25, 0.3) is 0 Å². The molecule has 3 aromatic carbocycles. The van der Waals surface area contributed by atoms with Crippen LogP contribution < -0.4 is 9.80 Å². The van der Waals surface area contributed by atoms with Gasteiger partial charge < -0.3 is 5.11 Å². The van der Waals surface area contributed by atoms with Crippen LogP contribution in [0.4, 0.5) is 33.3 Å². The van der Waals surface area contributed by atoms with E-state index in [4.69, 9.17) is 34.8 Å². The number of allylic oxidation sites excluding steroid dienone is 2. The minimum atomic E-state index is -2.78. The van der Waals surface area contributed by atoms with Crippen LogP contribution in [0, 0.1) is 46.8 Å². The predicted molar refractivity (Wildman–Crippen MR) is 166 cm³/mol. The van der Waals surface area contributed by atoms with Gasteiger partial charge in [-0.2, -0.15) is 0 Å². The lowest BCUT2D eigenvalue weighted by Crippen LogP contribution is -2.60. The fourth-order valence-electron chi connectivity index (χ4n) is 7.51. The first-order chi connectivity index (χ1) is 22.6. The highest BCUT2D eigenvalue weighted by atomic mass is 79.9. The van der Waals surface area contributed by atoms with E-state index in [1.807, 2.05) is 0 Å². The van der Waals surface area contributed by atoms with Gasteiger partial charge in [0.25, 0.3) is 11.8 Å². The summed E-state index contributed by atoms with van der Waals surface area (Å²) in [5.41, 5.74) is -1.65. The third-order valence-corrected chi connectivity index (χ3v) is 11.8. The summed E-state index contributed by atoms with van der Waals surface area (Å²) in [6.45, 7) is 0. The van der Waals surface area contributed by atoms with Crippen LogP contribution in [0.15, 0.2) is 58.6 Å². The van der Waals surface area contributed by atoms with Gasteiger partial charge in [0.05, 0.1) is 17.5 Å². The maximum atomic E-state index is 15.1. The number of phenols is 1. The van der Waals surface area contributed by atoms with Crippen molar-refractivity contribution in [2.75, 3.05) is 9.80 Å². The molecule has 2 saturated heterocycles. The molecule has 0 spiro atoms. The molecular formula is C32H17BrCl3F5N2O5. The van der Waals surface area contributed by atoms with Gasteiger partial charge in [0.15, 0.2) is 33.0 Å². The van der Waals surface area contributed by atoms with E-state index in [0.717, 1.165) is 11.0 Å². The molecule has 0 radical (unpaired) electrons. The van der Waals surface area contributed by atoms with Crippen molar-refractivity contribution in [3.63, 3.8) is 0 Å². The molecule has 1 N–H and O–H groups in total. The zero-order chi connectivity index (χ0) is 34.8. The number of nitrogens with zero attached hydrogens (tertiary/aromatic N) is 2. The Kier molecular flexibility index (Phi) is 7.56. The molecule has 6 atom stereocenters. The van der Waals surface area contributed by atoms with E-state index in [-0.39, 0.29) is 33.2 Å². The molecule has 2 aliphatic carbocycles. The summed E-state index contributed by atoms with van der Waals surface area (Å²) in [4.78, 5) is 51.5. The number of hydrogen-bond donors (Lipinski definition) is 1. The molecule has 2 aliphatic heterocycles. The Bertz CT molecular complexity index is 2020. The molecule has 248 valence electrons. The van der Waals surface area contributed by atoms with E-state index in [2.05, 4.69) is 15.9 Å². The highest BCUT2D eigenvalue weighted by molar-refractivity contribution is 9.10. The molecule has 4 aliphatic rings. The van der Waals surface area contributed by atoms with Crippen molar-refractivity contribution in [2.45, 2.75) is 28.5 Å². The summed E-state index contributed by atoms with van der Waals surface area (Å²) < 4.78 is 73.7. The summed E-state index contributed by atoms with van der Waals surface area (Å²) in [5.74, 6) is -22.4. The number of imide groups is 2. The smallest absolute Gasteiger partial charge is 0.258 e. The van der Waals surface area contributed by atoms with Gasteiger partial charge in [-0.3, -0.25) is 24.1 Å². The SMILES string of the molecule is O=C1[C@H]2[C@H](CC=C3[C@H]2C[C@@]2(Cl)C(=O)N(c4c(F)c(F)c(F)c(F)c4F)C(=O)[C@@]2(Cl)[C@H]3c2cc(Cl)ccc2O)C(=O)N1c1ccc(Br)cc1. The molecule has 3 aromatic rings. The number of hydrogen-bond acceptors (Lipinski definition) is 5. The summed E-state index contributed by atoms with van der Waals surface area (Å²) >= 11 is 23.7. The lowest BCUT2D eigenvalue weighted by molar-refractivity contribution is -0.125. The number of alkyl halides is 2. The van der Waals surface area contributed by atoms with Crippen molar-refractivity contribution >= 4 is 85.7 Å². The number of phenolic OH excluding ortho intramolecular Hbond substituents is 1. The van der Waals surface area contributed by atoms with Crippen LogP contribution in [0.3, 0.4) is 0 Å². The van der Waals surface area contributed by atoms with E-state index in [0.29, 0.717) is 4.47 Å². The topological polar surface area (TPSA) is 95.0 Å². The van der Waals surface area contributed by atoms with E-state index in [1.54, 1.807) is 12.1 Å². The molecule has 1 saturated carbocycles. The van der Waals surface area contributed by atoms with Gasteiger partial charge in [-0.15, -0.1) is 23.2 Å². The van der Waals surface area contributed by atoms with Crippen LogP contribution in [0.5, 0.6) is 5.75 Å². The van der Waals surface area contributed by atoms with Crippen LogP contribution in [-0.4, -0.2) is 38.5 Å². The van der Waals surface area contributed by atoms with Crippen LogP contribution in [0.1, 0.15) is 24.3 Å². The maximum absolute atomic E-state index is 15.1. The Morgan fingerprint density at radius 2 is 1.40 bits per heavy atom. The number of rotatable bonds is 3. The number of carbonyl (C=O) groups excluding carboxylic acids is 4. The zero-order valence-corrected chi connectivity index (χ0v) is 27.6. The van der Waals surface area contributed by atoms with Crippen LogP contribution in [-0.2, 0) is 19.2 Å². The van der Waals surface area contributed by atoms with Crippen molar-refractivity contribution in [3.05, 3.63) is 98.3 Å². The van der Waals surface area contributed by atoms with Gasteiger partial charge in [0, 0.05) is 21.0 Å². The number of benzene rings is 3. The summed E-state index contributed by atoms with van der Waals surface area (Å²) in [7, 11) is 0. The first-order valence-corrected chi connectivity index (χ1v) is 16.1. The van der Waals surface area contributed by atoms with Gasteiger partial charge in [-0.1, -0.05) is 39.2 Å². The van der Waals surface area contributed by atoms with E-state index >= 15 is 8.78 Å². The number of amides is 4. The maximum Gasteiger partial charge on any atom is 0.258 e. The normalized spacial score (nSPS) is 29.6. The summed E-state index contributed by atoms with van der Waals surface area (Å²) in [6.07, 6.45) is 0.788. The van der Waals surface area contributed by atoms with E-state index < -0.39 is 104 Å². The molecule has 48 heavy (non-hydrogen) atoms. The third-order valence-electron chi connectivity index (χ3n) is 9.61. The summed E-state index contributed by atoms with van der Waals surface area (Å²) in [5, 5.41) is 11.0. The standard InChI is InChI=1S/C32H17BrCl3F5N2O5/c33-11-1-4-13(5-2-11)42-27(45)15-7-6-14-17(19(15)28(42)46)10-31(35)29(47)43(26-24(40)22(38)21(37)23(39)25(26)41)30(48)32(31,36)20(14)16-9-12(34)3-8-18(16)44/h1-6,8-9,15,17,19-20,44H,7,10H2/t15-,17+,19-,20+,31+,32-/m0/s1. The monoisotopic (exact) mass is 788 g/mol. The largest absolute Gasteiger partial charge is 0.508 e. The number of anilines is 2. The highest BCUT2D eigenvalue weighted by Crippen LogP contribution is 2.67. The number of fused-ring (bicyclic) bond motifs is 4. The quantitative estimate of drug-likeness (QED) is 0.0753. The molecule has 3 fully saturated rings. The van der Waals surface area contributed by atoms with Crippen molar-refractivity contribution in [1.29, 1.82) is 0 Å². The lowest BCUT2D eigenvalue weighted by atomic mass is 9.56. The van der Waals surface area contributed by atoms with Crippen molar-refractivity contribution < 1.29 is 46.2 Å².